The van der Waals surface area contributed by atoms with E-state index in [0.717, 1.165) is 10.6 Å². The van der Waals surface area contributed by atoms with E-state index >= 15 is 0 Å². The quantitative estimate of drug-likeness (QED) is 0.795. The molecule has 0 saturated carbocycles. The molecule has 0 radical (unpaired) electrons. The molecule has 2 N–H and O–H groups in total. The van der Waals surface area contributed by atoms with Crippen LogP contribution in [0.5, 0.6) is 0 Å². The molecule has 1 aromatic heterocycles. The molecule has 0 bridgehead atoms. The van der Waals surface area contributed by atoms with Crippen LogP contribution in [0.1, 0.15) is 44.2 Å². The van der Waals surface area contributed by atoms with Crippen molar-refractivity contribution in [3.8, 4) is 0 Å². The summed E-state index contributed by atoms with van der Waals surface area (Å²) in [5, 5.41) is 14.9. The first-order valence-electron chi connectivity index (χ1n) is 8.34. The van der Waals surface area contributed by atoms with E-state index in [4.69, 9.17) is 0 Å². The molecule has 0 aliphatic rings. The molecular formula is C18H24N4O2S. The van der Waals surface area contributed by atoms with Crippen LogP contribution in [0.3, 0.4) is 0 Å². The third-order valence-corrected chi connectivity index (χ3v) is 4.78. The Bertz CT molecular complexity index is 713. The highest BCUT2D eigenvalue weighted by Gasteiger charge is 2.25. The highest BCUT2D eigenvalue weighted by atomic mass is 32.1. The van der Waals surface area contributed by atoms with Gasteiger partial charge >= 0.3 is 0 Å². The molecule has 6 nitrogen and oxygen atoms in total. The summed E-state index contributed by atoms with van der Waals surface area (Å²) in [4.78, 5) is 24.8. The van der Waals surface area contributed by atoms with E-state index in [2.05, 4.69) is 20.8 Å². The van der Waals surface area contributed by atoms with E-state index in [1.54, 1.807) is 0 Å². The maximum atomic E-state index is 12.5. The smallest absolute Gasteiger partial charge is 0.249 e. The van der Waals surface area contributed by atoms with Gasteiger partial charge in [-0.05, 0) is 11.5 Å². The number of hydrogen-bond acceptors (Lipinski definition) is 5. The molecule has 1 unspecified atom stereocenters. The molecule has 2 aromatic rings. The molecule has 2 rings (SSSR count). The van der Waals surface area contributed by atoms with Crippen LogP contribution < -0.4 is 10.6 Å². The normalized spacial score (nSPS) is 12.2. The van der Waals surface area contributed by atoms with E-state index < -0.39 is 6.04 Å². The molecule has 1 heterocycles. The number of benzene rings is 1. The highest BCUT2D eigenvalue weighted by Crippen LogP contribution is 2.22. The monoisotopic (exact) mass is 360 g/mol. The maximum absolute atomic E-state index is 12.5. The van der Waals surface area contributed by atoms with Crippen molar-refractivity contribution in [3.05, 3.63) is 40.9 Å². The van der Waals surface area contributed by atoms with Gasteiger partial charge in [0.05, 0.1) is 6.42 Å². The summed E-state index contributed by atoms with van der Waals surface area (Å²) in [6, 6.07) is 8.83. The first-order chi connectivity index (χ1) is 11.9. The first kappa shape index (κ1) is 19.1. The molecule has 25 heavy (non-hydrogen) atoms. The fourth-order valence-corrected chi connectivity index (χ4v) is 2.99. The van der Waals surface area contributed by atoms with Crippen molar-refractivity contribution in [3.63, 3.8) is 0 Å². The summed E-state index contributed by atoms with van der Waals surface area (Å²) in [7, 11) is 0. The zero-order chi connectivity index (χ0) is 18.4. The molecular weight excluding hydrogens is 336 g/mol. The van der Waals surface area contributed by atoms with Crippen LogP contribution in [0.4, 0.5) is 5.13 Å². The molecule has 0 aliphatic carbocycles. The molecule has 1 aromatic carbocycles. The minimum Gasteiger partial charge on any atom is -0.344 e. The largest absolute Gasteiger partial charge is 0.344 e. The Morgan fingerprint density at radius 1 is 1.08 bits per heavy atom. The van der Waals surface area contributed by atoms with Gasteiger partial charge in [0.25, 0.3) is 0 Å². The van der Waals surface area contributed by atoms with Gasteiger partial charge in [-0.3, -0.25) is 14.9 Å². The summed E-state index contributed by atoms with van der Waals surface area (Å²) in [6.45, 7) is 7.83. The van der Waals surface area contributed by atoms with Crippen molar-refractivity contribution in [2.24, 2.45) is 5.92 Å². The highest BCUT2D eigenvalue weighted by molar-refractivity contribution is 7.15. The molecule has 1 atom stereocenters. The molecule has 0 fully saturated rings. The van der Waals surface area contributed by atoms with Gasteiger partial charge in [0.15, 0.2) is 0 Å². The molecule has 0 saturated heterocycles. The Balaban J connectivity index is 1.98. The van der Waals surface area contributed by atoms with Crippen LogP contribution in [0.2, 0.25) is 0 Å². The predicted octanol–water partition coefficient (Wildman–Crippen LogP) is 2.98. The lowest BCUT2D eigenvalue weighted by Gasteiger charge is -2.21. The summed E-state index contributed by atoms with van der Waals surface area (Å²) in [5.41, 5.74) is 0.911. The number of amides is 2. The Kier molecular flexibility index (Phi) is 6.64. The van der Waals surface area contributed by atoms with Crippen LogP contribution in [0, 0.1) is 5.92 Å². The van der Waals surface area contributed by atoms with Gasteiger partial charge in [-0.25, -0.2) is 0 Å². The Morgan fingerprint density at radius 2 is 1.76 bits per heavy atom. The van der Waals surface area contributed by atoms with Gasteiger partial charge in [-0.15, -0.1) is 10.2 Å². The van der Waals surface area contributed by atoms with Crippen LogP contribution in [-0.4, -0.2) is 28.1 Å². The van der Waals surface area contributed by atoms with Gasteiger partial charge < -0.3 is 5.32 Å². The minimum absolute atomic E-state index is 0.0442. The lowest BCUT2D eigenvalue weighted by Crippen LogP contribution is -2.47. The molecule has 0 aliphatic heterocycles. The second-order valence-electron chi connectivity index (χ2n) is 6.54. The van der Waals surface area contributed by atoms with Gasteiger partial charge in [-0.2, -0.15) is 0 Å². The molecule has 7 heteroatoms. The number of nitrogens with zero attached hydrogens (tertiary/aromatic N) is 2. The Morgan fingerprint density at radius 3 is 2.32 bits per heavy atom. The van der Waals surface area contributed by atoms with Gasteiger partial charge in [-0.1, -0.05) is 69.4 Å². The van der Waals surface area contributed by atoms with Crippen molar-refractivity contribution >= 4 is 28.3 Å². The van der Waals surface area contributed by atoms with E-state index in [1.165, 1.54) is 11.3 Å². The number of nitrogens with one attached hydrogen (secondary N) is 2. The summed E-state index contributed by atoms with van der Waals surface area (Å²) in [5.74, 6) is -0.241. The van der Waals surface area contributed by atoms with E-state index in [1.807, 2.05) is 58.0 Å². The van der Waals surface area contributed by atoms with Crippen LogP contribution in [0.25, 0.3) is 0 Å². The number of aromatic nitrogens is 2. The lowest BCUT2D eigenvalue weighted by molar-refractivity contribution is -0.127. The van der Waals surface area contributed by atoms with E-state index in [9.17, 15) is 9.59 Å². The van der Waals surface area contributed by atoms with Crippen LogP contribution in [0.15, 0.2) is 30.3 Å². The van der Waals surface area contributed by atoms with Crippen LogP contribution in [-0.2, 0) is 16.0 Å². The van der Waals surface area contributed by atoms with Crippen molar-refractivity contribution in [2.45, 2.75) is 46.1 Å². The topological polar surface area (TPSA) is 84.0 Å². The van der Waals surface area contributed by atoms with Gasteiger partial charge in [0.1, 0.15) is 11.0 Å². The second-order valence-corrected chi connectivity index (χ2v) is 7.55. The van der Waals surface area contributed by atoms with E-state index in [-0.39, 0.29) is 30.1 Å². The Hall–Kier alpha value is -2.28. The lowest BCUT2D eigenvalue weighted by atomic mass is 10.0. The van der Waals surface area contributed by atoms with Gasteiger partial charge in [0.2, 0.25) is 16.9 Å². The summed E-state index contributed by atoms with van der Waals surface area (Å²) < 4.78 is 0. The third kappa shape index (κ3) is 5.63. The Labute approximate surface area is 152 Å². The molecule has 2 amide bonds. The van der Waals surface area contributed by atoms with Crippen molar-refractivity contribution in [1.29, 1.82) is 0 Å². The fraction of sp³-hybridized carbons (Fsp3) is 0.444. The molecule has 0 spiro atoms. The van der Waals surface area contributed by atoms with Crippen molar-refractivity contribution in [2.75, 3.05) is 5.32 Å². The minimum atomic E-state index is -0.623. The summed E-state index contributed by atoms with van der Waals surface area (Å²) >= 11 is 1.35. The van der Waals surface area contributed by atoms with Gasteiger partial charge in [0, 0.05) is 5.92 Å². The molecule has 134 valence electrons. The summed E-state index contributed by atoms with van der Waals surface area (Å²) in [6.07, 6.45) is 0.244. The number of hydrogen-bond donors (Lipinski definition) is 2. The SMILES string of the molecule is CC(C)c1nnc(NC(=O)C(NC(=O)Cc2ccccc2)C(C)C)s1. The number of anilines is 1. The average Bonchev–Trinajstić information content (AvgIpc) is 3.02. The number of carbonyl (C=O) groups is 2. The van der Waals surface area contributed by atoms with Crippen molar-refractivity contribution in [1.82, 2.24) is 15.5 Å². The predicted molar refractivity (Wildman–Crippen MR) is 99.5 cm³/mol. The zero-order valence-electron chi connectivity index (χ0n) is 14.9. The van der Waals surface area contributed by atoms with Crippen molar-refractivity contribution < 1.29 is 9.59 Å². The third-order valence-electron chi connectivity index (χ3n) is 3.64. The average molecular weight is 360 g/mol. The fourth-order valence-electron chi connectivity index (χ4n) is 2.24. The first-order valence-corrected chi connectivity index (χ1v) is 9.16. The second kappa shape index (κ2) is 8.71. The standard InChI is InChI=1S/C18H24N4O2S/c1-11(2)15(19-14(23)10-13-8-6-5-7-9-13)16(24)20-18-22-21-17(25-18)12(3)4/h5-9,11-12,15H,10H2,1-4H3,(H,19,23)(H,20,22,24). The number of rotatable bonds is 7. The maximum Gasteiger partial charge on any atom is 0.249 e. The zero-order valence-corrected chi connectivity index (χ0v) is 15.8. The van der Waals surface area contributed by atoms with E-state index in [0.29, 0.717) is 5.13 Å². The number of carbonyl (C=O) groups excluding carboxylic acids is 2. The van der Waals surface area contributed by atoms with Crippen LogP contribution >= 0.6 is 11.3 Å².